The van der Waals surface area contributed by atoms with Gasteiger partial charge in [-0.1, -0.05) is 43.7 Å². The molecular formula is C15H20. The Morgan fingerprint density at radius 3 is 2.47 bits per heavy atom. The Morgan fingerprint density at radius 1 is 1.07 bits per heavy atom. The summed E-state index contributed by atoms with van der Waals surface area (Å²) >= 11 is 0. The summed E-state index contributed by atoms with van der Waals surface area (Å²) in [7, 11) is 0. The SMILES string of the molecule is CC1=C(C)C(C)C(C)Cc2ccccc21. The highest BCUT2D eigenvalue weighted by Gasteiger charge is 2.22. The lowest BCUT2D eigenvalue weighted by Gasteiger charge is -2.18. The third-order valence-corrected chi connectivity index (χ3v) is 4.09. The van der Waals surface area contributed by atoms with Crippen molar-refractivity contribution in [3.63, 3.8) is 0 Å². The van der Waals surface area contributed by atoms with Crippen LogP contribution in [0.1, 0.15) is 38.8 Å². The van der Waals surface area contributed by atoms with Gasteiger partial charge in [-0.05, 0) is 48.8 Å². The van der Waals surface area contributed by atoms with Gasteiger partial charge in [0.25, 0.3) is 0 Å². The van der Waals surface area contributed by atoms with Gasteiger partial charge in [0.15, 0.2) is 0 Å². The molecular weight excluding hydrogens is 180 g/mol. The third-order valence-electron chi connectivity index (χ3n) is 4.09. The lowest BCUT2D eigenvalue weighted by atomic mass is 9.87. The largest absolute Gasteiger partial charge is 0.0667 e. The van der Waals surface area contributed by atoms with Gasteiger partial charge < -0.3 is 0 Å². The fourth-order valence-corrected chi connectivity index (χ4v) is 2.57. The molecule has 80 valence electrons. The monoisotopic (exact) mass is 200 g/mol. The lowest BCUT2D eigenvalue weighted by molar-refractivity contribution is 0.442. The molecule has 1 aromatic rings. The lowest BCUT2D eigenvalue weighted by Crippen LogP contribution is -2.10. The highest BCUT2D eigenvalue weighted by Crippen LogP contribution is 2.35. The Bertz CT molecular complexity index is 398. The first-order valence-electron chi connectivity index (χ1n) is 5.87. The molecule has 0 amide bonds. The molecule has 0 bridgehead atoms. The van der Waals surface area contributed by atoms with Crippen molar-refractivity contribution in [3.8, 4) is 0 Å². The molecule has 0 heteroatoms. The fourth-order valence-electron chi connectivity index (χ4n) is 2.57. The Kier molecular flexibility index (Phi) is 2.68. The average molecular weight is 200 g/mol. The minimum atomic E-state index is 0.706. The minimum Gasteiger partial charge on any atom is -0.0667 e. The average Bonchev–Trinajstić information content (AvgIpc) is 2.32. The predicted octanol–water partition coefficient (Wildman–Crippen LogP) is 4.31. The highest BCUT2D eigenvalue weighted by atomic mass is 14.3. The van der Waals surface area contributed by atoms with Crippen LogP contribution in [0.15, 0.2) is 29.8 Å². The van der Waals surface area contributed by atoms with Gasteiger partial charge in [-0.2, -0.15) is 0 Å². The summed E-state index contributed by atoms with van der Waals surface area (Å²) < 4.78 is 0. The van der Waals surface area contributed by atoms with E-state index in [2.05, 4.69) is 52.0 Å². The summed E-state index contributed by atoms with van der Waals surface area (Å²) in [5.74, 6) is 1.46. The molecule has 0 N–H and O–H groups in total. The minimum absolute atomic E-state index is 0.706. The van der Waals surface area contributed by atoms with Gasteiger partial charge in [-0.25, -0.2) is 0 Å². The summed E-state index contributed by atoms with van der Waals surface area (Å²) in [6.45, 7) is 9.28. The zero-order valence-corrected chi connectivity index (χ0v) is 10.2. The number of hydrogen-bond acceptors (Lipinski definition) is 0. The summed E-state index contributed by atoms with van der Waals surface area (Å²) in [4.78, 5) is 0. The first-order valence-corrected chi connectivity index (χ1v) is 5.87. The van der Waals surface area contributed by atoms with Crippen molar-refractivity contribution in [2.24, 2.45) is 11.8 Å². The molecule has 0 heterocycles. The molecule has 1 aliphatic rings. The predicted molar refractivity (Wildman–Crippen MR) is 66.7 cm³/mol. The zero-order valence-electron chi connectivity index (χ0n) is 10.2. The maximum Gasteiger partial charge on any atom is -0.0196 e. The first kappa shape index (κ1) is 10.5. The Hall–Kier alpha value is -1.04. The molecule has 2 atom stereocenters. The van der Waals surface area contributed by atoms with E-state index >= 15 is 0 Å². The second-order valence-corrected chi connectivity index (χ2v) is 4.94. The molecule has 2 unspecified atom stereocenters. The van der Waals surface area contributed by atoms with Gasteiger partial charge >= 0.3 is 0 Å². The zero-order chi connectivity index (χ0) is 11.0. The molecule has 0 aliphatic heterocycles. The smallest absolute Gasteiger partial charge is 0.0196 e. The van der Waals surface area contributed by atoms with Gasteiger partial charge in [0.2, 0.25) is 0 Å². The van der Waals surface area contributed by atoms with Crippen molar-refractivity contribution in [3.05, 3.63) is 41.0 Å². The molecule has 0 saturated carbocycles. The number of rotatable bonds is 0. The van der Waals surface area contributed by atoms with Crippen LogP contribution in [-0.4, -0.2) is 0 Å². The second-order valence-electron chi connectivity index (χ2n) is 4.94. The van der Waals surface area contributed by atoms with Gasteiger partial charge in [-0.3, -0.25) is 0 Å². The van der Waals surface area contributed by atoms with E-state index in [1.54, 1.807) is 5.57 Å². The summed E-state index contributed by atoms with van der Waals surface area (Å²) in [6.07, 6.45) is 1.21. The van der Waals surface area contributed by atoms with Crippen molar-refractivity contribution < 1.29 is 0 Å². The van der Waals surface area contributed by atoms with Crippen LogP contribution < -0.4 is 0 Å². The molecule has 1 aromatic carbocycles. The fraction of sp³-hybridized carbons (Fsp3) is 0.467. The first-order chi connectivity index (χ1) is 7.11. The van der Waals surface area contributed by atoms with Crippen LogP contribution in [0.2, 0.25) is 0 Å². The van der Waals surface area contributed by atoms with Crippen LogP contribution in [0.5, 0.6) is 0 Å². The molecule has 0 nitrogen and oxygen atoms in total. The molecule has 0 aromatic heterocycles. The van der Waals surface area contributed by atoms with E-state index in [4.69, 9.17) is 0 Å². The standard InChI is InChI=1S/C15H20/c1-10-9-14-7-5-6-8-15(14)13(4)12(3)11(10)2/h5-8,10-11H,9H2,1-4H3. The molecule has 0 fully saturated rings. The summed E-state index contributed by atoms with van der Waals surface area (Å²) in [5, 5.41) is 0. The molecule has 15 heavy (non-hydrogen) atoms. The Balaban J connectivity index is 2.59. The van der Waals surface area contributed by atoms with Gasteiger partial charge in [0.1, 0.15) is 0 Å². The van der Waals surface area contributed by atoms with Gasteiger partial charge in [-0.15, -0.1) is 0 Å². The number of benzene rings is 1. The van der Waals surface area contributed by atoms with E-state index in [1.165, 1.54) is 23.1 Å². The van der Waals surface area contributed by atoms with E-state index in [1.807, 2.05) is 0 Å². The van der Waals surface area contributed by atoms with Crippen LogP contribution in [0.3, 0.4) is 0 Å². The van der Waals surface area contributed by atoms with Crippen LogP contribution in [0.25, 0.3) is 5.57 Å². The van der Waals surface area contributed by atoms with Crippen molar-refractivity contribution in [1.29, 1.82) is 0 Å². The van der Waals surface area contributed by atoms with E-state index in [-0.39, 0.29) is 0 Å². The molecule has 0 saturated heterocycles. The van der Waals surface area contributed by atoms with Gasteiger partial charge in [0, 0.05) is 0 Å². The summed E-state index contributed by atoms with van der Waals surface area (Å²) in [5.41, 5.74) is 6.03. The van der Waals surface area contributed by atoms with Gasteiger partial charge in [0.05, 0.1) is 0 Å². The quantitative estimate of drug-likeness (QED) is 0.585. The maximum atomic E-state index is 2.36. The number of allylic oxidation sites excluding steroid dienone is 2. The van der Waals surface area contributed by atoms with E-state index in [0.717, 1.165) is 5.92 Å². The summed E-state index contributed by atoms with van der Waals surface area (Å²) in [6, 6.07) is 8.85. The van der Waals surface area contributed by atoms with Crippen molar-refractivity contribution in [2.75, 3.05) is 0 Å². The normalized spacial score (nSPS) is 26.1. The number of fused-ring (bicyclic) bond motifs is 1. The van der Waals surface area contributed by atoms with E-state index in [9.17, 15) is 0 Å². The highest BCUT2D eigenvalue weighted by molar-refractivity contribution is 5.70. The third kappa shape index (κ3) is 1.73. The van der Waals surface area contributed by atoms with Crippen molar-refractivity contribution in [1.82, 2.24) is 0 Å². The second kappa shape index (κ2) is 3.84. The Labute approximate surface area is 93.0 Å². The van der Waals surface area contributed by atoms with E-state index < -0.39 is 0 Å². The molecule has 0 radical (unpaired) electrons. The van der Waals surface area contributed by atoms with Crippen LogP contribution in [0.4, 0.5) is 0 Å². The van der Waals surface area contributed by atoms with Crippen LogP contribution in [-0.2, 0) is 6.42 Å². The number of hydrogen-bond donors (Lipinski definition) is 0. The van der Waals surface area contributed by atoms with Crippen LogP contribution in [0, 0.1) is 11.8 Å². The molecule has 2 rings (SSSR count). The Morgan fingerprint density at radius 2 is 1.73 bits per heavy atom. The maximum absolute atomic E-state index is 2.36. The van der Waals surface area contributed by atoms with Crippen LogP contribution >= 0.6 is 0 Å². The topological polar surface area (TPSA) is 0 Å². The van der Waals surface area contributed by atoms with Crippen molar-refractivity contribution in [2.45, 2.75) is 34.1 Å². The van der Waals surface area contributed by atoms with Crippen molar-refractivity contribution >= 4 is 5.57 Å². The molecule has 1 aliphatic carbocycles. The van der Waals surface area contributed by atoms with E-state index in [0.29, 0.717) is 5.92 Å². The molecule has 0 spiro atoms.